The maximum absolute atomic E-state index is 13.0. The first kappa shape index (κ1) is 27.0. The average molecular weight is 581 g/mol. The number of fused-ring (bicyclic) bond motifs is 1. The third-order valence-corrected chi connectivity index (χ3v) is 7.37. The van der Waals surface area contributed by atoms with Crippen molar-refractivity contribution in [1.82, 2.24) is 30.3 Å². The quantitative estimate of drug-likeness (QED) is 0.251. The maximum Gasteiger partial charge on any atom is 0.290 e. The van der Waals surface area contributed by atoms with Crippen molar-refractivity contribution in [3.8, 4) is 34.0 Å². The average Bonchev–Trinajstić information content (AvgIpc) is 3.55. The van der Waals surface area contributed by atoms with Crippen LogP contribution in [0.1, 0.15) is 18.1 Å². The lowest BCUT2D eigenvalue weighted by molar-refractivity contribution is -0.115. The smallest absolute Gasteiger partial charge is 0.290 e. The number of rotatable bonds is 8. The molecule has 0 aliphatic carbocycles. The number of hydrogen-bond acceptors (Lipinski definition) is 9. The number of H-pyrrole nitrogens is 1. The topological polar surface area (TPSA) is 141 Å². The molecule has 2 amide bonds. The SMILES string of the molecule is CCOc1cc(-c2cccc(C=C3SC(=O)NC3=O)c2)ccc1-c1nc2c(nnn2Cc2ccc(OC)cc2)c(=O)[nH]1. The second-order valence-electron chi connectivity index (χ2n) is 9.30. The largest absolute Gasteiger partial charge is 0.497 e. The summed E-state index contributed by atoms with van der Waals surface area (Å²) in [6.45, 7) is 2.64. The summed E-state index contributed by atoms with van der Waals surface area (Å²) in [6, 6.07) is 20.8. The Morgan fingerprint density at radius 2 is 1.81 bits per heavy atom. The van der Waals surface area contributed by atoms with Crippen molar-refractivity contribution in [3.63, 3.8) is 0 Å². The van der Waals surface area contributed by atoms with Gasteiger partial charge >= 0.3 is 0 Å². The van der Waals surface area contributed by atoms with Gasteiger partial charge in [0.15, 0.2) is 11.2 Å². The van der Waals surface area contributed by atoms with Gasteiger partial charge in [-0.25, -0.2) is 9.67 Å². The molecule has 2 N–H and O–H groups in total. The maximum atomic E-state index is 13.0. The van der Waals surface area contributed by atoms with Gasteiger partial charge < -0.3 is 14.5 Å². The Morgan fingerprint density at radius 1 is 1.00 bits per heavy atom. The monoisotopic (exact) mass is 580 g/mol. The lowest BCUT2D eigenvalue weighted by Crippen LogP contribution is -2.17. The van der Waals surface area contributed by atoms with Crippen LogP contribution in [0.25, 0.3) is 39.8 Å². The lowest BCUT2D eigenvalue weighted by atomic mass is 10.0. The van der Waals surface area contributed by atoms with Gasteiger partial charge in [-0.05, 0) is 77.3 Å². The molecule has 42 heavy (non-hydrogen) atoms. The number of thioether (sulfide) groups is 1. The van der Waals surface area contributed by atoms with Crippen molar-refractivity contribution in [1.29, 1.82) is 0 Å². The first-order valence-electron chi connectivity index (χ1n) is 13.0. The van der Waals surface area contributed by atoms with Gasteiger partial charge in [0, 0.05) is 0 Å². The van der Waals surface area contributed by atoms with E-state index in [1.54, 1.807) is 17.9 Å². The van der Waals surface area contributed by atoms with Gasteiger partial charge in [-0.1, -0.05) is 41.6 Å². The summed E-state index contributed by atoms with van der Waals surface area (Å²) in [5, 5.41) is 10.1. The van der Waals surface area contributed by atoms with E-state index in [-0.39, 0.29) is 10.8 Å². The lowest BCUT2D eigenvalue weighted by Gasteiger charge is -2.13. The van der Waals surface area contributed by atoms with Crippen LogP contribution >= 0.6 is 11.8 Å². The molecule has 1 aliphatic heterocycles. The highest BCUT2D eigenvalue weighted by molar-refractivity contribution is 8.18. The van der Waals surface area contributed by atoms with Crippen LogP contribution in [0.5, 0.6) is 11.5 Å². The fourth-order valence-electron chi connectivity index (χ4n) is 4.56. The van der Waals surface area contributed by atoms with Gasteiger partial charge in [-0.2, -0.15) is 0 Å². The molecule has 0 atom stereocenters. The molecule has 3 heterocycles. The number of carbonyl (C=O) groups excluding carboxylic acids is 2. The summed E-state index contributed by atoms with van der Waals surface area (Å²) in [5.74, 6) is 1.20. The van der Waals surface area contributed by atoms with Gasteiger partial charge in [0.2, 0.25) is 0 Å². The molecule has 1 saturated heterocycles. The molecule has 0 bridgehead atoms. The minimum absolute atomic E-state index is 0.142. The molecule has 0 spiro atoms. The fraction of sp³-hybridized carbons (Fsp3) is 0.133. The molecule has 0 radical (unpaired) electrons. The molecule has 5 aromatic rings. The highest BCUT2D eigenvalue weighted by Gasteiger charge is 2.25. The van der Waals surface area contributed by atoms with E-state index in [9.17, 15) is 14.4 Å². The number of hydrogen-bond donors (Lipinski definition) is 2. The Morgan fingerprint density at radius 3 is 2.55 bits per heavy atom. The van der Waals surface area contributed by atoms with Crippen LogP contribution in [-0.4, -0.2) is 49.8 Å². The van der Waals surface area contributed by atoms with Gasteiger partial charge in [0.1, 0.15) is 17.3 Å². The molecular formula is C30H24N6O5S. The number of methoxy groups -OCH3 is 1. The normalized spacial score (nSPS) is 14.0. The van der Waals surface area contributed by atoms with Gasteiger partial charge in [-0.3, -0.25) is 19.7 Å². The van der Waals surface area contributed by atoms with E-state index in [1.807, 2.05) is 73.7 Å². The standard InChI is InChI=1S/C30H24N6O5S/c1-3-41-23-15-20(19-6-4-5-18(13-19)14-24-28(37)33-30(39)42-24)9-12-22(23)26-31-27-25(29(38)32-26)34-35-36(27)16-17-7-10-21(40-2)11-8-17/h4-15H,3,16H2,1-2H3,(H,31,32,38)(H,33,37,39). The van der Waals surface area contributed by atoms with E-state index >= 15 is 0 Å². The molecule has 0 saturated carbocycles. The summed E-state index contributed by atoms with van der Waals surface area (Å²) >= 11 is 0.874. The predicted octanol–water partition coefficient (Wildman–Crippen LogP) is 4.63. The number of nitrogens with one attached hydrogen (secondary N) is 2. The number of aromatic nitrogens is 5. The van der Waals surface area contributed by atoms with Crippen molar-refractivity contribution in [2.45, 2.75) is 13.5 Å². The molecule has 2 aromatic heterocycles. The number of ether oxygens (including phenoxy) is 2. The molecule has 0 unspecified atom stereocenters. The molecule has 11 nitrogen and oxygen atoms in total. The third-order valence-electron chi connectivity index (χ3n) is 6.56. The summed E-state index contributed by atoms with van der Waals surface area (Å²) in [7, 11) is 1.61. The number of aromatic amines is 1. The Hall–Kier alpha value is -5.23. The second-order valence-corrected chi connectivity index (χ2v) is 10.3. The molecule has 210 valence electrons. The fourth-order valence-corrected chi connectivity index (χ4v) is 5.24. The van der Waals surface area contributed by atoms with Crippen LogP contribution in [0, 0.1) is 0 Å². The third kappa shape index (κ3) is 5.39. The van der Waals surface area contributed by atoms with Crippen LogP contribution in [-0.2, 0) is 11.3 Å². The van der Waals surface area contributed by atoms with Gasteiger partial charge in [-0.15, -0.1) is 5.10 Å². The van der Waals surface area contributed by atoms with E-state index in [2.05, 4.69) is 20.6 Å². The number of amides is 2. The van der Waals surface area contributed by atoms with Crippen LogP contribution in [0.2, 0.25) is 0 Å². The molecule has 6 rings (SSSR count). The Kier molecular flexibility index (Phi) is 7.28. The van der Waals surface area contributed by atoms with Crippen molar-refractivity contribution < 1.29 is 19.1 Å². The predicted molar refractivity (Wildman–Crippen MR) is 159 cm³/mol. The van der Waals surface area contributed by atoms with E-state index in [1.165, 1.54) is 0 Å². The minimum Gasteiger partial charge on any atom is -0.497 e. The Labute approximate surface area is 243 Å². The summed E-state index contributed by atoms with van der Waals surface area (Å²) in [5.41, 5.74) is 4.15. The summed E-state index contributed by atoms with van der Waals surface area (Å²) < 4.78 is 12.8. The van der Waals surface area contributed by atoms with E-state index in [0.717, 1.165) is 39.8 Å². The first-order chi connectivity index (χ1) is 20.4. The molecular weight excluding hydrogens is 556 g/mol. The van der Waals surface area contributed by atoms with Crippen molar-refractivity contribution in [3.05, 3.63) is 93.1 Å². The van der Waals surface area contributed by atoms with E-state index in [0.29, 0.717) is 40.8 Å². The summed E-state index contributed by atoms with van der Waals surface area (Å²) in [4.78, 5) is 44.4. The Bertz CT molecular complexity index is 1930. The zero-order valence-corrected chi connectivity index (χ0v) is 23.4. The van der Waals surface area contributed by atoms with E-state index in [4.69, 9.17) is 14.5 Å². The zero-order valence-electron chi connectivity index (χ0n) is 22.6. The number of imide groups is 1. The highest BCUT2D eigenvalue weighted by atomic mass is 32.2. The Balaban J connectivity index is 1.36. The molecule has 3 aromatic carbocycles. The van der Waals surface area contributed by atoms with Crippen molar-refractivity contribution in [2.75, 3.05) is 13.7 Å². The summed E-state index contributed by atoms with van der Waals surface area (Å²) in [6.07, 6.45) is 1.68. The highest BCUT2D eigenvalue weighted by Crippen LogP contribution is 2.34. The van der Waals surface area contributed by atoms with Gasteiger partial charge in [0.25, 0.3) is 16.7 Å². The van der Waals surface area contributed by atoms with Crippen LogP contribution in [0.4, 0.5) is 4.79 Å². The van der Waals surface area contributed by atoms with Crippen LogP contribution in [0.3, 0.4) is 0 Å². The van der Waals surface area contributed by atoms with Crippen LogP contribution < -0.4 is 20.3 Å². The molecule has 12 heteroatoms. The minimum atomic E-state index is -0.407. The molecule has 1 fully saturated rings. The molecule has 1 aliphatic rings. The van der Waals surface area contributed by atoms with Crippen molar-refractivity contribution >= 4 is 40.1 Å². The van der Waals surface area contributed by atoms with Crippen molar-refractivity contribution in [2.24, 2.45) is 0 Å². The van der Waals surface area contributed by atoms with Gasteiger partial charge in [0.05, 0.1) is 30.7 Å². The van der Waals surface area contributed by atoms with E-state index < -0.39 is 11.5 Å². The first-order valence-corrected chi connectivity index (χ1v) is 13.8. The number of benzene rings is 3. The van der Waals surface area contributed by atoms with Crippen LogP contribution in [0.15, 0.2) is 76.4 Å². The zero-order chi connectivity index (χ0) is 29.2. The second kappa shape index (κ2) is 11.3. The number of nitrogens with zero attached hydrogens (tertiary/aromatic N) is 4. The number of carbonyl (C=O) groups is 2.